The smallest absolute Gasteiger partial charge is 0.244 e. The van der Waals surface area contributed by atoms with Crippen LogP contribution in [0.25, 0.3) is 0 Å². The Morgan fingerprint density at radius 3 is 2.59 bits per heavy atom. The normalized spacial score (nSPS) is 16.2. The Balaban J connectivity index is 1.47. The zero-order valence-corrected chi connectivity index (χ0v) is 18.2. The molecule has 0 spiro atoms. The summed E-state index contributed by atoms with van der Waals surface area (Å²) in [6, 6.07) is 16.0. The van der Waals surface area contributed by atoms with Gasteiger partial charge < -0.3 is 20.3 Å². The van der Waals surface area contributed by atoms with E-state index in [1.165, 1.54) is 0 Å². The first-order chi connectivity index (χ1) is 14.1. The van der Waals surface area contributed by atoms with Crippen molar-refractivity contribution in [1.82, 2.24) is 4.90 Å². The maximum atomic E-state index is 12.8. The molecule has 1 aliphatic heterocycles. The lowest BCUT2D eigenvalue weighted by Gasteiger charge is -2.31. The fourth-order valence-electron chi connectivity index (χ4n) is 3.44. The molecule has 1 amide bonds. The fourth-order valence-corrected chi connectivity index (χ4v) is 4.73. The van der Waals surface area contributed by atoms with Crippen molar-refractivity contribution in [3.8, 4) is 5.75 Å². The largest absolute Gasteiger partial charge is 0.494 e. The van der Waals surface area contributed by atoms with Crippen LogP contribution in [0.3, 0.4) is 0 Å². The number of unbranched alkanes of at least 4 members (excludes halogenated alkanes) is 2. The second-order valence-corrected chi connectivity index (χ2v) is 8.58. The molecular weight excluding hydrogens is 382 g/mol. The molecule has 29 heavy (non-hydrogen) atoms. The lowest BCUT2D eigenvalue weighted by atomic mass is 10.1. The predicted octanol–water partition coefficient (Wildman–Crippen LogP) is 3.94. The number of hydrogen-bond donors (Lipinski definition) is 1. The van der Waals surface area contributed by atoms with Gasteiger partial charge in [0.05, 0.1) is 12.3 Å². The summed E-state index contributed by atoms with van der Waals surface area (Å²) in [5.74, 6) is 0.970. The molecule has 5 nitrogen and oxygen atoms in total. The Hall–Kier alpha value is -2.02. The van der Waals surface area contributed by atoms with Gasteiger partial charge in [0.2, 0.25) is 5.91 Å². The molecule has 1 unspecified atom stereocenters. The third-order valence-electron chi connectivity index (χ3n) is 5.17. The quantitative estimate of drug-likeness (QED) is 0.598. The van der Waals surface area contributed by atoms with Gasteiger partial charge in [-0.2, -0.15) is 0 Å². The van der Waals surface area contributed by atoms with Gasteiger partial charge >= 0.3 is 0 Å². The first-order valence-electron chi connectivity index (χ1n) is 10.2. The molecular formula is C23H31N3O2S. The minimum atomic E-state index is -0.213. The van der Waals surface area contributed by atoms with E-state index in [0.717, 1.165) is 54.2 Å². The van der Waals surface area contributed by atoms with Crippen LogP contribution in [0.1, 0.15) is 30.1 Å². The van der Waals surface area contributed by atoms with Gasteiger partial charge in [0.15, 0.2) is 0 Å². The van der Waals surface area contributed by atoms with Crippen LogP contribution in [0, 0.1) is 0 Å². The summed E-state index contributed by atoms with van der Waals surface area (Å²) >= 11 is 1.62. The molecule has 1 atom stereocenters. The van der Waals surface area contributed by atoms with E-state index in [9.17, 15) is 4.79 Å². The van der Waals surface area contributed by atoms with Crippen molar-refractivity contribution in [3.63, 3.8) is 0 Å². The number of hydrogen-bond acceptors (Lipinski definition) is 5. The number of nitrogens with two attached hydrogens (primary N) is 1. The molecule has 3 rings (SSSR count). The molecule has 2 aromatic carbocycles. The molecule has 1 aliphatic rings. The number of fused-ring (bicyclic) bond motifs is 1. The maximum Gasteiger partial charge on any atom is 0.244 e. The third-order valence-corrected chi connectivity index (χ3v) is 6.48. The minimum Gasteiger partial charge on any atom is -0.494 e. The van der Waals surface area contributed by atoms with E-state index in [1.54, 1.807) is 16.7 Å². The van der Waals surface area contributed by atoms with Crippen LogP contribution in [-0.2, 0) is 4.79 Å². The van der Waals surface area contributed by atoms with Crippen molar-refractivity contribution in [1.29, 1.82) is 0 Å². The van der Waals surface area contributed by atoms with Crippen LogP contribution in [0.4, 0.5) is 5.69 Å². The number of anilines is 1. The highest BCUT2D eigenvalue weighted by Gasteiger charge is 2.32. The monoisotopic (exact) mass is 413 g/mol. The molecule has 0 saturated carbocycles. The number of amides is 1. The van der Waals surface area contributed by atoms with Crippen LogP contribution < -0.4 is 15.4 Å². The second kappa shape index (κ2) is 10.7. The fraction of sp³-hybridized carbons (Fsp3) is 0.435. The summed E-state index contributed by atoms with van der Waals surface area (Å²) in [6.07, 6.45) is 3.34. The van der Waals surface area contributed by atoms with Crippen LogP contribution in [0.5, 0.6) is 5.75 Å². The van der Waals surface area contributed by atoms with Crippen molar-refractivity contribution in [2.75, 3.05) is 45.2 Å². The number of ether oxygens (including phenoxy) is 1. The van der Waals surface area contributed by atoms with E-state index in [4.69, 9.17) is 10.5 Å². The van der Waals surface area contributed by atoms with E-state index in [-0.39, 0.29) is 11.2 Å². The number of para-hydroxylation sites is 1. The summed E-state index contributed by atoms with van der Waals surface area (Å²) in [5, 5.41) is -0.213. The van der Waals surface area contributed by atoms with Gasteiger partial charge in [-0.05, 0) is 62.7 Å². The Morgan fingerprint density at radius 2 is 1.83 bits per heavy atom. The van der Waals surface area contributed by atoms with E-state index < -0.39 is 0 Å². The topological polar surface area (TPSA) is 58.8 Å². The van der Waals surface area contributed by atoms with Gasteiger partial charge in [0.25, 0.3) is 0 Å². The van der Waals surface area contributed by atoms with Crippen molar-refractivity contribution in [3.05, 3.63) is 54.1 Å². The van der Waals surface area contributed by atoms with Gasteiger partial charge in [-0.15, -0.1) is 11.8 Å². The van der Waals surface area contributed by atoms with Crippen LogP contribution >= 0.6 is 11.8 Å². The molecule has 156 valence electrons. The number of rotatable bonds is 10. The van der Waals surface area contributed by atoms with E-state index in [0.29, 0.717) is 13.2 Å². The molecule has 0 radical (unpaired) electrons. The number of nitrogens with zero attached hydrogens (tertiary/aromatic N) is 2. The average Bonchev–Trinajstić information content (AvgIpc) is 2.74. The summed E-state index contributed by atoms with van der Waals surface area (Å²) in [7, 11) is 3.95. The summed E-state index contributed by atoms with van der Waals surface area (Å²) in [5.41, 5.74) is 7.55. The highest BCUT2D eigenvalue weighted by Crippen LogP contribution is 2.45. The number of benzene rings is 2. The SMILES string of the molecule is CN(CCN)CCCCCOc1ccc(C2Sc3ccccc3N(C)C2=O)cc1. The average molecular weight is 414 g/mol. The van der Waals surface area contributed by atoms with E-state index in [2.05, 4.69) is 18.0 Å². The maximum absolute atomic E-state index is 12.8. The Bertz CT molecular complexity index is 797. The lowest BCUT2D eigenvalue weighted by Crippen LogP contribution is -2.33. The molecule has 1 heterocycles. The van der Waals surface area contributed by atoms with Crippen molar-refractivity contribution >= 4 is 23.4 Å². The molecule has 0 aromatic heterocycles. The minimum absolute atomic E-state index is 0.113. The van der Waals surface area contributed by atoms with Gasteiger partial charge in [-0.1, -0.05) is 24.3 Å². The lowest BCUT2D eigenvalue weighted by molar-refractivity contribution is -0.118. The molecule has 2 aromatic rings. The Morgan fingerprint density at radius 1 is 1.07 bits per heavy atom. The third kappa shape index (κ3) is 5.75. The van der Waals surface area contributed by atoms with Crippen LogP contribution in [0.15, 0.2) is 53.4 Å². The Kier molecular flexibility index (Phi) is 7.98. The number of likely N-dealkylation sites (N-methyl/N-ethyl adjacent to an activating group) is 2. The van der Waals surface area contributed by atoms with Crippen LogP contribution in [0.2, 0.25) is 0 Å². The van der Waals surface area contributed by atoms with E-state index >= 15 is 0 Å². The van der Waals surface area contributed by atoms with Gasteiger partial charge in [-0.25, -0.2) is 0 Å². The molecule has 2 N–H and O–H groups in total. The standard InChI is InChI=1S/C23H31N3O2S/c1-25(16-14-24)15-6-3-7-17-28-19-12-10-18(11-13-19)22-23(27)26(2)20-8-4-5-9-21(20)29-22/h4-5,8-13,22H,3,6-7,14-17,24H2,1-2H3. The number of carbonyl (C=O) groups is 1. The van der Waals surface area contributed by atoms with Gasteiger partial charge in [0, 0.05) is 25.0 Å². The molecule has 0 aliphatic carbocycles. The van der Waals surface area contributed by atoms with Crippen LogP contribution in [-0.4, -0.2) is 51.1 Å². The molecule has 0 saturated heterocycles. The first kappa shape index (κ1) is 21.7. The summed E-state index contributed by atoms with van der Waals surface area (Å²) in [4.78, 5) is 18.0. The molecule has 0 fully saturated rings. The number of carbonyl (C=O) groups excluding carboxylic acids is 1. The summed E-state index contributed by atoms with van der Waals surface area (Å²) < 4.78 is 5.87. The zero-order chi connectivity index (χ0) is 20.6. The molecule has 6 heteroatoms. The van der Waals surface area contributed by atoms with Crippen molar-refractivity contribution < 1.29 is 9.53 Å². The predicted molar refractivity (Wildman–Crippen MR) is 121 cm³/mol. The van der Waals surface area contributed by atoms with Crippen molar-refractivity contribution in [2.45, 2.75) is 29.4 Å². The summed E-state index contributed by atoms with van der Waals surface area (Å²) in [6.45, 7) is 3.46. The Labute approximate surface area is 178 Å². The first-order valence-corrected chi connectivity index (χ1v) is 11.1. The highest BCUT2D eigenvalue weighted by atomic mass is 32.2. The molecule has 0 bridgehead atoms. The number of thioether (sulfide) groups is 1. The zero-order valence-electron chi connectivity index (χ0n) is 17.3. The van der Waals surface area contributed by atoms with E-state index in [1.807, 2.05) is 49.5 Å². The van der Waals surface area contributed by atoms with Gasteiger partial charge in [-0.3, -0.25) is 4.79 Å². The highest BCUT2D eigenvalue weighted by molar-refractivity contribution is 8.00. The van der Waals surface area contributed by atoms with Gasteiger partial charge in [0.1, 0.15) is 11.0 Å². The van der Waals surface area contributed by atoms with Crippen molar-refractivity contribution in [2.24, 2.45) is 5.73 Å². The second-order valence-electron chi connectivity index (χ2n) is 7.43.